The van der Waals surface area contributed by atoms with Gasteiger partial charge in [-0.3, -0.25) is 4.79 Å². The van der Waals surface area contributed by atoms with Gasteiger partial charge in [0, 0.05) is 26.3 Å². The summed E-state index contributed by atoms with van der Waals surface area (Å²) in [6, 6.07) is 7.74. The Labute approximate surface area is 157 Å². The number of carbonyl (C=O) groups excluding carboxylic acids is 1. The van der Waals surface area contributed by atoms with Gasteiger partial charge in [0.15, 0.2) is 0 Å². The Morgan fingerprint density at radius 1 is 1.25 bits per heavy atom. The fourth-order valence-electron chi connectivity index (χ4n) is 2.81. The molecule has 1 aliphatic rings. The number of ether oxygens (including phenoxy) is 1. The van der Waals surface area contributed by atoms with Crippen LogP contribution < -0.4 is 11.1 Å². The molecule has 0 radical (unpaired) electrons. The van der Waals surface area contributed by atoms with Crippen molar-refractivity contribution in [2.75, 3.05) is 27.3 Å². The van der Waals surface area contributed by atoms with Gasteiger partial charge in [-0.05, 0) is 44.0 Å². The van der Waals surface area contributed by atoms with Crippen LogP contribution in [0.4, 0.5) is 0 Å². The predicted octanol–water partition coefficient (Wildman–Crippen LogP) is 1.96. The van der Waals surface area contributed by atoms with Gasteiger partial charge < -0.3 is 20.7 Å². The number of carbonyl (C=O) groups is 1. The summed E-state index contributed by atoms with van der Waals surface area (Å²) < 4.78 is 5.32. The zero-order chi connectivity index (χ0) is 15.9. The molecule has 0 aliphatic carbocycles. The summed E-state index contributed by atoms with van der Waals surface area (Å²) in [5.74, 6) is 0.164. The maximum atomic E-state index is 12.3. The minimum Gasteiger partial charge on any atom is -0.381 e. The average Bonchev–Trinajstić information content (AvgIpc) is 2.53. The van der Waals surface area contributed by atoms with Crippen LogP contribution in [-0.4, -0.2) is 44.2 Å². The molecule has 2 rings (SSSR count). The summed E-state index contributed by atoms with van der Waals surface area (Å²) in [4.78, 5) is 14.4. The molecule has 0 spiro atoms. The van der Waals surface area contributed by atoms with Crippen molar-refractivity contribution in [3.05, 3.63) is 35.4 Å². The maximum absolute atomic E-state index is 12.3. The molecule has 0 bridgehead atoms. The minimum atomic E-state index is -0.440. The van der Waals surface area contributed by atoms with Gasteiger partial charge in [0.25, 0.3) is 0 Å². The highest BCUT2D eigenvalue weighted by Gasteiger charge is 2.26. The Hall–Kier alpha value is -0.850. The number of hydrogen-bond acceptors (Lipinski definition) is 4. The van der Waals surface area contributed by atoms with Crippen molar-refractivity contribution in [2.45, 2.75) is 32.0 Å². The SMILES string of the molecule is CN(C)Cc1ccccc1CNC(=O)C(N)C1CCOCC1.Cl.Cl. The molecular formula is C17H29Cl2N3O2. The molecule has 7 heteroatoms. The maximum Gasteiger partial charge on any atom is 0.237 e. The zero-order valence-electron chi connectivity index (χ0n) is 14.4. The van der Waals surface area contributed by atoms with E-state index >= 15 is 0 Å². The molecule has 1 aliphatic heterocycles. The van der Waals surface area contributed by atoms with Crippen LogP contribution in [0, 0.1) is 5.92 Å². The monoisotopic (exact) mass is 377 g/mol. The van der Waals surface area contributed by atoms with Crippen LogP contribution in [0.2, 0.25) is 0 Å². The van der Waals surface area contributed by atoms with Gasteiger partial charge >= 0.3 is 0 Å². The van der Waals surface area contributed by atoms with Crippen LogP contribution >= 0.6 is 24.8 Å². The Morgan fingerprint density at radius 2 is 1.83 bits per heavy atom. The van der Waals surface area contributed by atoms with E-state index in [9.17, 15) is 4.79 Å². The predicted molar refractivity (Wildman–Crippen MR) is 102 cm³/mol. The van der Waals surface area contributed by atoms with E-state index in [1.165, 1.54) is 5.56 Å². The first-order valence-corrected chi connectivity index (χ1v) is 7.90. The van der Waals surface area contributed by atoms with Crippen molar-refractivity contribution in [3.8, 4) is 0 Å². The zero-order valence-corrected chi connectivity index (χ0v) is 16.0. The lowest BCUT2D eigenvalue weighted by molar-refractivity contribution is -0.124. The molecule has 0 saturated carbocycles. The highest BCUT2D eigenvalue weighted by atomic mass is 35.5. The van der Waals surface area contributed by atoms with Crippen molar-refractivity contribution < 1.29 is 9.53 Å². The highest BCUT2D eigenvalue weighted by Crippen LogP contribution is 2.18. The second-order valence-corrected chi connectivity index (χ2v) is 6.20. The second kappa shape index (κ2) is 11.7. The van der Waals surface area contributed by atoms with Crippen molar-refractivity contribution in [3.63, 3.8) is 0 Å². The number of halogens is 2. The summed E-state index contributed by atoms with van der Waals surface area (Å²) in [7, 11) is 4.08. The first kappa shape index (κ1) is 23.1. The lowest BCUT2D eigenvalue weighted by Gasteiger charge is -2.26. The third-order valence-electron chi connectivity index (χ3n) is 4.13. The molecule has 0 aromatic heterocycles. The van der Waals surface area contributed by atoms with Gasteiger partial charge in [0.05, 0.1) is 6.04 Å². The molecular weight excluding hydrogens is 349 g/mol. The lowest BCUT2D eigenvalue weighted by Crippen LogP contribution is -2.46. The summed E-state index contributed by atoms with van der Waals surface area (Å²) >= 11 is 0. The fraction of sp³-hybridized carbons (Fsp3) is 0.588. The molecule has 24 heavy (non-hydrogen) atoms. The van der Waals surface area contributed by atoms with Crippen molar-refractivity contribution in [1.82, 2.24) is 10.2 Å². The molecule has 138 valence electrons. The van der Waals surface area contributed by atoms with Crippen molar-refractivity contribution in [1.29, 1.82) is 0 Å². The first-order valence-electron chi connectivity index (χ1n) is 7.90. The van der Waals surface area contributed by atoms with E-state index in [4.69, 9.17) is 10.5 Å². The number of nitrogens with two attached hydrogens (primary N) is 1. The van der Waals surface area contributed by atoms with E-state index in [1.807, 2.05) is 26.2 Å². The number of amides is 1. The molecule has 3 N–H and O–H groups in total. The number of rotatable bonds is 6. The molecule has 1 aromatic rings. The van der Waals surface area contributed by atoms with Gasteiger partial charge in [-0.2, -0.15) is 0 Å². The molecule has 1 unspecified atom stereocenters. The van der Waals surface area contributed by atoms with E-state index in [1.54, 1.807) is 0 Å². The third-order valence-corrected chi connectivity index (χ3v) is 4.13. The lowest BCUT2D eigenvalue weighted by atomic mass is 9.92. The fourth-order valence-corrected chi connectivity index (χ4v) is 2.81. The molecule has 1 heterocycles. The topological polar surface area (TPSA) is 67.6 Å². The smallest absolute Gasteiger partial charge is 0.237 e. The van der Waals surface area contributed by atoms with Gasteiger partial charge in [-0.15, -0.1) is 24.8 Å². The summed E-state index contributed by atoms with van der Waals surface area (Å²) in [6.45, 7) is 2.80. The average molecular weight is 378 g/mol. The number of benzene rings is 1. The van der Waals surface area contributed by atoms with E-state index in [2.05, 4.69) is 22.3 Å². The molecule has 1 saturated heterocycles. The van der Waals surface area contributed by atoms with Crippen LogP contribution in [0.5, 0.6) is 0 Å². The van der Waals surface area contributed by atoms with E-state index in [-0.39, 0.29) is 36.6 Å². The Morgan fingerprint density at radius 3 is 2.42 bits per heavy atom. The summed E-state index contributed by atoms with van der Waals surface area (Å²) in [5.41, 5.74) is 8.47. The van der Waals surface area contributed by atoms with E-state index in [0.717, 1.165) is 24.9 Å². The van der Waals surface area contributed by atoms with Crippen LogP contribution in [0.3, 0.4) is 0 Å². The Balaban J connectivity index is 0.00000264. The second-order valence-electron chi connectivity index (χ2n) is 6.20. The molecule has 1 fully saturated rings. The summed E-state index contributed by atoms with van der Waals surface area (Å²) in [5, 5.41) is 2.99. The number of hydrogen-bond donors (Lipinski definition) is 2. The van der Waals surface area contributed by atoms with Crippen LogP contribution in [0.15, 0.2) is 24.3 Å². The third kappa shape index (κ3) is 6.95. The van der Waals surface area contributed by atoms with Crippen molar-refractivity contribution >= 4 is 30.7 Å². The van der Waals surface area contributed by atoms with Gasteiger partial charge in [0.2, 0.25) is 5.91 Å². The van der Waals surface area contributed by atoms with Crippen LogP contribution in [0.25, 0.3) is 0 Å². The molecule has 1 aromatic carbocycles. The number of nitrogens with zero attached hydrogens (tertiary/aromatic N) is 1. The van der Waals surface area contributed by atoms with Gasteiger partial charge in [0.1, 0.15) is 0 Å². The first-order chi connectivity index (χ1) is 10.6. The van der Waals surface area contributed by atoms with Crippen LogP contribution in [-0.2, 0) is 22.6 Å². The van der Waals surface area contributed by atoms with Crippen LogP contribution in [0.1, 0.15) is 24.0 Å². The Bertz CT molecular complexity index is 494. The Kier molecular flexibility index (Phi) is 11.2. The van der Waals surface area contributed by atoms with E-state index in [0.29, 0.717) is 19.8 Å². The van der Waals surface area contributed by atoms with Crippen molar-refractivity contribution in [2.24, 2.45) is 11.7 Å². The minimum absolute atomic E-state index is 0. The standard InChI is InChI=1S/C17H27N3O2.2ClH/c1-20(2)12-15-6-4-3-5-14(15)11-19-17(21)16(18)13-7-9-22-10-8-13;;/h3-6,13,16H,7-12,18H2,1-2H3,(H,19,21);2*1H. The normalized spacial score (nSPS) is 16.0. The largest absolute Gasteiger partial charge is 0.381 e. The van der Waals surface area contributed by atoms with Gasteiger partial charge in [-0.1, -0.05) is 24.3 Å². The quantitative estimate of drug-likeness (QED) is 0.794. The van der Waals surface area contributed by atoms with E-state index < -0.39 is 6.04 Å². The van der Waals surface area contributed by atoms with Gasteiger partial charge in [-0.25, -0.2) is 0 Å². The molecule has 1 atom stereocenters. The number of nitrogens with one attached hydrogen (secondary N) is 1. The molecule has 5 nitrogen and oxygen atoms in total. The summed E-state index contributed by atoms with van der Waals surface area (Å²) in [6.07, 6.45) is 1.73. The molecule has 1 amide bonds. The highest BCUT2D eigenvalue weighted by molar-refractivity contribution is 5.85.